The van der Waals surface area contributed by atoms with Crippen molar-refractivity contribution in [3.63, 3.8) is 0 Å². The predicted octanol–water partition coefficient (Wildman–Crippen LogP) is 5.35. The predicted molar refractivity (Wildman–Crippen MR) is 110 cm³/mol. The van der Waals surface area contributed by atoms with Crippen LogP contribution in [0.25, 0.3) is 11.1 Å². The van der Waals surface area contributed by atoms with Gasteiger partial charge < -0.3 is 5.11 Å². The number of hydrogen-bond acceptors (Lipinski definition) is 3. The van der Waals surface area contributed by atoms with E-state index in [-0.39, 0.29) is 11.7 Å². The molecule has 2 N–H and O–H groups in total. The molecule has 4 nitrogen and oxygen atoms in total. The lowest BCUT2D eigenvalue weighted by atomic mass is 10.0. The van der Waals surface area contributed by atoms with Crippen molar-refractivity contribution in [3.05, 3.63) is 86.8 Å². The molecule has 3 rings (SSSR count). The Hall–Kier alpha value is -2.44. The Balaban J connectivity index is 1.76. The monoisotopic (exact) mass is 472 g/mol. The van der Waals surface area contributed by atoms with E-state index in [9.17, 15) is 9.90 Å². The van der Waals surface area contributed by atoms with Gasteiger partial charge in [0.2, 0.25) is 0 Å². The van der Waals surface area contributed by atoms with E-state index in [1.54, 1.807) is 24.3 Å². The molecule has 130 valence electrons. The zero-order valence-electron chi connectivity index (χ0n) is 13.5. The quantitative estimate of drug-likeness (QED) is 0.396. The van der Waals surface area contributed by atoms with E-state index in [1.807, 2.05) is 42.5 Å². The number of hydrazone groups is 1. The van der Waals surface area contributed by atoms with Crippen molar-refractivity contribution in [2.75, 3.05) is 0 Å². The highest BCUT2D eigenvalue weighted by Gasteiger charge is 2.07. The number of benzene rings is 3. The van der Waals surface area contributed by atoms with Gasteiger partial charge in [-0.2, -0.15) is 5.10 Å². The van der Waals surface area contributed by atoms with Crippen molar-refractivity contribution in [1.82, 2.24) is 5.43 Å². The molecule has 0 saturated heterocycles. The lowest BCUT2D eigenvalue weighted by Gasteiger charge is -2.05. The summed E-state index contributed by atoms with van der Waals surface area (Å²) >= 11 is 6.72. The average Bonchev–Trinajstić information content (AvgIpc) is 2.66. The van der Waals surface area contributed by atoms with Crippen LogP contribution < -0.4 is 5.43 Å². The number of hydrogen-bond donors (Lipinski definition) is 2. The van der Waals surface area contributed by atoms with Crippen molar-refractivity contribution in [1.29, 1.82) is 0 Å². The molecule has 3 aromatic carbocycles. The fourth-order valence-electron chi connectivity index (χ4n) is 2.33. The minimum absolute atomic E-state index is 0.0917. The number of nitrogens with zero attached hydrogens (tertiary/aromatic N) is 1. The number of carbonyl (C=O) groups is 1. The van der Waals surface area contributed by atoms with Crippen LogP contribution >= 0.6 is 31.9 Å². The van der Waals surface area contributed by atoms with Crippen molar-refractivity contribution >= 4 is 44.0 Å². The number of phenols is 1. The van der Waals surface area contributed by atoms with Crippen LogP contribution in [0.5, 0.6) is 5.75 Å². The molecule has 0 saturated carbocycles. The molecule has 26 heavy (non-hydrogen) atoms. The van der Waals surface area contributed by atoms with Gasteiger partial charge in [-0.1, -0.05) is 36.4 Å². The summed E-state index contributed by atoms with van der Waals surface area (Å²) in [7, 11) is 0. The van der Waals surface area contributed by atoms with Gasteiger partial charge in [0.15, 0.2) is 0 Å². The number of halogens is 2. The van der Waals surface area contributed by atoms with Crippen LogP contribution in [0.4, 0.5) is 0 Å². The van der Waals surface area contributed by atoms with Gasteiger partial charge in [0.05, 0.1) is 6.21 Å². The average molecular weight is 474 g/mol. The highest BCUT2D eigenvalue weighted by atomic mass is 79.9. The second-order valence-electron chi connectivity index (χ2n) is 5.47. The second kappa shape index (κ2) is 8.29. The number of carbonyl (C=O) groups excluding carboxylic acids is 1. The molecule has 0 bridgehead atoms. The Morgan fingerprint density at radius 1 is 0.923 bits per heavy atom. The third-order valence-corrected chi connectivity index (χ3v) is 5.57. The number of aromatic hydroxyl groups is 1. The Morgan fingerprint density at radius 3 is 2.42 bits per heavy atom. The standard InChI is InChI=1S/C20H14Br2N2O2/c21-17-8-6-15(11-18(17)22)20(26)24-23-12-16-10-14(7-9-19(16)25)13-4-2-1-3-5-13/h1-12,25H,(H,24,26)/b23-12+. The van der Waals surface area contributed by atoms with Gasteiger partial charge in [0.1, 0.15) is 5.75 Å². The van der Waals surface area contributed by atoms with Gasteiger partial charge >= 0.3 is 0 Å². The molecule has 6 heteroatoms. The minimum atomic E-state index is -0.340. The van der Waals surface area contributed by atoms with Crippen molar-refractivity contribution in [3.8, 4) is 16.9 Å². The summed E-state index contributed by atoms with van der Waals surface area (Å²) in [5, 5.41) is 14.0. The molecule has 0 radical (unpaired) electrons. The van der Waals surface area contributed by atoms with E-state index < -0.39 is 0 Å². The molecule has 0 aliphatic carbocycles. The van der Waals surface area contributed by atoms with Gasteiger partial charge in [-0.15, -0.1) is 0 Å². The minimum Gasteiger partial charge on any atom is -0.507 e. The first-order chi connectivity index (χ1) is 12.5. The second-order valence-corrected chi connectivity index (χ2v) is 7.18. The Kier molecular flexibility index (Phi) is 5.85. The van der Waals surface area contributed by atoms with Crippen LogP contribution in [0.3, 0.4) is 0 Å². The molecule has 0 unspecified atom stereocenters. The van der Waals surface area contributed by atoms with Gasteiger partial charge in [-0.3, -0.25) is 4.79 Å². The Morgan fingerprint density at radius 2 is 1.69 bits per heavy atom. The van der Waals surface area contributed by atoms with Crippen molar-refractivity contribution in [2.45, 2.75) is 0 Å². The van der Waals surface area contributed by atoms with Crippen molar-refractivity contribution < 1.29 is 9.90 Å². The van der Waals surface area contributed by atoms with E-state index in [2.05, 4.69) is 42.4 Å². The zero-order valence-corrected chi connectivity index (χ0v) is 16.7. The van der Waals surface area contributed by atoms with E-state index in [0.717, 1.165) is 20.1 Å². The number of amides is 1. The van der Waals surface area contributed by atoms with Crippen LogP contribution in [0.2, 0.25) is 0 Å². The van der Waals surface area contributed by atoms with Crippen molar-refractivity contribution in [2.24, 2.45) is 5.10 Å². The summed E-state index contributed by atoms with van der Waals surface area (Å²) in [5.41, 5.74) is 5.44. The van der Waals surface area contributed by atoms with Crippen LogP contribution in [-0.4, -0.2) is 17.2 Å². The van der Waals surface area contributed by atoms with Crippen LogP contribution in [0.15, 0.2) is 80.8 Å². The summed E-state index contributed by atoms with van der Waals surface area (Å²) in [6, 6.07) is 20.2. The molecule has 0 spiro atoms. The van der Waals surface area contributed by atoms with Crippen LogP contribution in [0.1, 0.15) is 15.9 Å². The van der Waals surface area contributed by atoms with Crippen LogP contribution in [-0.2, 0) is 0 Å². The summed E-state index contributed by atoms with van der Waals surface area (Å²) < 4.78 is 1.64. The molecule has 0 aliphatic heterocycles. The smallest absolute Gasteiger partial charge is 0.271 e. The SMILES string of the molecule is O=C(N/N=C/c1cc(-c2ccccc2)ccc1O)c1ccc(Br)c(Br)c1. The topological polar surface area (TPSA) is 61.7 Å². The largest absolute Gasteiger partial charge is 0.507 e. The highest BCUT2D eigenvalue weighted by molar-refractivity contribution is 9.13. The molecule has 0 atom stereocenters. The molecule has 0 aromatic heterocycles. The fourth-order valence-corrected chi connectivity index (χ4v) is 2.96. The maximum atomic E-state index is 12.1. The summed E-state index contributed by atoms with van der Waals surface area (Å²) in [6.07, 6.45) is 1.42. The van der Waals surface area contributed by atoms with Gasteiger partial charge in [0.25, 0.3) is 5.91 Å². The third-order valence-electron chi connectivity index (χ3n) is 3.69. The van der Waals surface area contributed by atoms with E-state index in [1.165, 1.54) is 6.21 Å². The maximum absolute atomic E-state index is 12.1. The fraction of sp³-hybridized carbons (Fsp3) is 0. The van der Waals surface area contributed by atoms with Gasteiger partial charge in [-0.05, 0) is 73.3 Å². The lowest BCUT2D eigenvalue weighted by molar-refractivity contribution is 0.0955. The maximum Gasteiger partial charge on any atom is 0.271 e. The van der Waals surface area contributed by atoms with Crippen LogP contribution in [0, 0.1) is 0 Å². The number of nitrogens with one attached hydrogen (secondary N) is 1. The first-order valence-corrected chi connectivity index (χ1v) is 9.30. The number of phenolic OH excluding ortho intramolecular Hbond substituents is 1. The summed E-state index contributed by atoms with van der Waals surface area (Å²) in [4.78, 5) is 12.1. The lowest BCUT2D eigenvalue weighted by Crippen LogP contribution is -2.17. The van der Waals surface area contributed by atoms with E-state index in [4.69, 9.17) is 0 Å². The van der Waals surface area contributed by atoms with Gasteiger partial charge in [-0.25, -0.2) is 5.43 Å². The Bertz CT molecular complexity index is 973. The van der Waals surface area contributed by atoms with E-state index in [0.29, 0.717) is 11.1 Å². The molecular formula is C20H14Br2N2O2. The summed E-state index contributed by atoms with van der Waals surface area (Å²) in [6.45, 7) is 0. The van der Waals surface area contributed by atoms with E-state index >= 15 is 0 Å². The normalized spacial score (nSPS) is 10.8. The molecular weight excluding hydrogens is 460 g/mol. The molecule has 0 fully saturated rings. The molecule has 1 amide bonds. The van der Waals surface area contributed by atoms with Gasteiger partial charge in [0, 0.05) is 20.1 Å². The zero-order chi connectivity index (χ0) is 18.5. The number of rotatable bonds is 4. The molecule has 0 heterocycles. The molecule has 0 aliphatic rings. The Labute approximate surface area is 167 Å². The first-order valence-electron chi connectivity index (χ1n) is 7.71. The summed E-state index contributed by atoms with van der Waals surface area (Å²) in [5.74, 6) is -0.248. The third kappa shape index (κ3) is 4.39. The molecule has 3 aromatic rings. The first kappa shape index (κ1) is 18.4. The highest BCUT2D eigenvalue weighted by Crippen LogP contribution is 2.25.